The van der Waals surface area contributed by atoms with Gasteiger partial charge in [0.25, 0.3) is 0 Å². The molecule has 0 amide bonds. The normalized spacial score (nSPS) is 17.9. The van der Waals surface area contributed by atoms with E-state index in [1.807, 2.05) is 24.3 Å². The molecule has 1 unspecified atom stereocenters. The summed E-state index contributed by atoms with van der Waals surface area (Å²) in [5, 5.41) is 0. The van der Waals surface area contributed by atoms with Crippen LogP contribution in [0.1, 0.15) is 11.6 Å². The maximum atomic E-state index is 6.05. The monoisotopic (exact) mass is 223 g/mol. The molecule has 0 spiro atoms. The summed E-state index contributed by atoms with van der Waals surface area (Å²) in [6, 6.07) is 7.59. The smallest absolute Gasteiger partial charge is 0.123 e. The molecule has 16 heavy (non-hydrogen) atoms. The van der Waals surface area contributed by atoms with E-state index in [9.17, 15) is 0 Å². The minimum atomic E-state index is -0.156. The fourth-order valence-electron chi connectivity index (χ4n) is 1.61. The van der Waals surface area contributed by atoms with Gasteiger partial charge in [-0.3, -0.25) is 0 Å². The highest BCUT2D eigenvalue weighted by Crippen LogP contribution is 2.23. The van der Waals surface area contributed by atoms with E-state index in [2.05, 4.69) is 0 Å². The van der Waals surface area contributed by atoms with Crippen molar-refractivity contribution < 1.29 is 14.2 Å². The molecule has 0 radical (unpaired) electrons. The largest absolute Gasteiger partial charge is 0.496 e. The Bertz CT molecular complexity index is 339. The summed E-state index contributed by atoms with van der Waals surface area (Å²) in [4.78, 5) is 0. The number of hydrogen-bond acceptors (Lipinski definition) is 4. The van der Waals surface area contributed by atoms with Crippen LogP contribution in [0, 0.1) is 0 Å². The first kappa shape index (κ1) is 11.4. The average Bonchev–Trinajstić information content (AvgIpc) is 2.26. The third-order valence-electron chi connectivity index (χ3n) is 2.66. The Labute approximate surface area is 95.3 Å². The van der Waals surface area contributed by atoms with Gasteiger partial charge in [-0.1, -0.05) is 18.2 Å². The van der Waals surface area contributed by atoms with Crippen LogP contribution in [0.25, 0.3) is 0 Å². The van der Waals surface area contributed by atoms with Gasteiger partial charge in [-0.05, 0) is 6.07 Å². The van der Waals surface area contributed by atoms with Crippen LogP contribution in [-0.2, 0) is 9.47 Å². The first-order chi connectivity index (χ1) is 7.81. The Hall–Kier alpha value is -1.10. The standard InChI is InChI=1S/C12H17NO3/c1-14-12-5-3-2-4-10(12)11(13)8-16-9-6-15-7-9/h2-5,9,11H,6-8,13H2,1H3. The summed E-state index contributed by atoms with van der Waals surface area (Å²) in [5.41, 5.74) is 7.03. The van der Waals surface area contributed by atoms with Crippen molar-refractivity contribution in [1.82, 2.24) is 0 Å². The molecule has 1 aliphatic heterocycles. The van der Waals surface area contributed by atoms with Crippen LogP contribution >= 0.6 is 0 Å². The van der Waals surface area contributed by atoms with Crippen molar-refractivity contribution in [3.8, 4) is 5.75 Å². The Kier molecular flexibility index (Phi) is 3.77. The summed E-state index contributed by atoms with van der Waals surface area (Å²) < 4.78 is 15.9. The molecule has 1 fully saturated rings. The number of nitrogens with two attached hydrogens (primary N) is 1. The molecular formula is C12H17NO3. The lowest BCUT2D eigenvalue weighted by atomic mass is 10.1. The van der Waals surface area contributed by atoms with Gasteiger partial charge in [-0.2, -0.15) is 0 Å². The molecule has 1 aliphatic rings. The van der Waals surface area contributed by atoms with E-state index in [-0.39, 0.29) is 12.1 Å². The minimum Gasteiger partial charge on any atom is -0.496 e. The number of ether oxygens (including phenoxy) is 3. The van der Waals surface area contributed by atoms with E-state index >= 15 is 0 Å². The first-order valence-corrected chi connectivity index (χ1v) is 5.39. The van der Waals surface area contributed by atoms with Crippen molar-refractivity contribution in [3.05, 3.63) is 29.8 Å². The molecule has 88 valence electrons. The predicted octanol–water partition coefficient (Wildman–Crippen LogP) is 1.11. The van der Waals surface area contributed by atoms with Crippen LogP contribution in [0.4, 0.5) is 0 Å². The van der Waals surface area contributed by atoms with Crippen molar-refractivity contribution in [2.45, 2.75) is 12.1 Å². The Balaban J connectivity index is 1.93. The number of methoxy groups -OCH3 is 1. The second-order valence-corrected chi connectivity index (χ2v) is 3.84. The molecule has 1 aromatic rings. The molecule has 0 saturated carbocycles. The summed E-state index contributed by atoms with van der Waals surface area (Å²) in [5.74, 6) is 0.809. The van der Waals surface area contributed by atoms with E-state index in [1.54, 1.807) is 7.11 Å². The lowest BCUT2D eigenvalue weighted by Crippen LogP contribution is -2.37. The van der Waals surface area contributed by atoms with Crippen LogP contribution in [0.5, 0.6) is 5.75 Å². The van der Waals surface area contributed by atoms with Gasteiger partial charge in [0.05, 0.1) is 33.0 Å². The fourth-order valence-corrected chi connectivity index (χ4v) is 1.61. The van der Waals surface area contributed by atoms with Crippen LogP contribution in [0.2, 0.25) is 0 Å². The first-order valence-electron chi connectivity index (χ1n) is 5.39. The predicted molar refractivity (Wildman–Crippen MR) is 60.5 cm³/mol. The summed E-state index contributed by atoms with van der Waals surface area (Å²) in [7, 11) is 1.65. The maximum Gasteiger partial charge on any atom is 0.123 e. The molecule has 0 aliphatic carbocycles. The number of hydrogen-bond donors (Lipinski definition) is 1. The zero-order valence-electron chi connectivity index (χ0n) is 9.39. The zero-order chi connectivity index (χ0) is 11.4. The number of rotatable bonds is 5. The average molecular weight is 223 g/mol. The molecule has 1 heterocycles. The highest BCUT2D eigenvalue weighted by Gasteiger charge is 2.21. The summed E-state index contributed by atoms with van der Waals surface area (Å²) in [6.07, 6.45) is 0.209. The molecule has 1 saturated heterocycles. The van der Waals surface area contributed by atoms with Crippen molar-refractivity contribution in [1.29, 1.82) is 0 Å². The van der Waals surface area contributed by atoms with Crippen molar-refractivity contribution in [2.75, 3.05) is 26.9 Å². The highest BCUT2D eigenvalue weighted by atomic mass is 16.6. The topological polar surface area (TPSA) is 53.7 Å². The van der Waals surface area contributed by atoms with Gasteiger partial charge < -0.3 is 19.9 Å². The van der Waals surface area contributed by atoms with Crippen LogP contribution in [-0.4, -0.2) is 33.0 Å². The van der Waals surface area contributed by atoms with Gasteiger partial charge in [0.2, 0.25) is 0 Å². The second kappa shape index (κ2) is 5.30. The third-order valence-corrected chi connectivity index (χ3v) is 2.66. The number of benzene rings is 1. The van der Waals surface area contributed by atoms with E-state index in [0.717, 1.165) is 11.3 Å². The van der Waals surface area contributed by atoms with Crippen molar-refractivity contribution in [2.24, 2.45) is 5.73 Å². The van der Waals surface area contributed by atoms with Gasteiger partial charge >= 0.3 is 0 Å². The molecule has 4 heteroatoms. The molecular weight excluding hydrogens is 206 g/mol. The van der Waals surface area contributed by atoms with E-state index in [4.69, 9.17) is 19.9 Å². The fraction of sp³-hybridized carbons (Fsp3) is 0.500. The van der Waals surface area contributed by atoms with E-state index < -0.39 is 0 Å². The van der Waals surface area contributed by atoms with Crippen molar-refractivity contribution in [3.63, 3.8) is 0 Å². The maximum absolute atomic E-state index is 6.05. The van der Waals surface area contributed by atoms with Gasteiger partial charge in [-0.15, -0.1) is 0 Å². The third kappa shape index (κ3) is 2.52. The number of para-hydroxylation sites is 1. The minimum absolute atomic E-state index is 0.156. The van der Waals surface area contributed by atoms with E-state index in [0.29, 0.717) is 19.8 Å². The molecule has 0 aromatic heterocycles. The van der Waals surface area contributed by atoms with Crippen LogP contribution < -0.4 is 10.5 Å². The SMILES string of the molecule is COc1ccccc1C(N)COC1COC1. The zero-order valence-corrected chi connectivity index (χ0v) is 9.39. The van der Waals surface area contributed by atoms with E-state index in [1.165, 1.54) is 0 Å². The molecule has 1 aromatic carbocycles. The Morgan fingerprint density at radius 3 is 2.81 bits per heavy atom. The molecule has 2 rings (SSSR count). The molecule has 1 atom stereocenters. The Morgan fingerprint density at radius 1 is 1.44 bits per heavy atom. The second-order valence-electron chi connectivity index (χ2n) is 3.84. The Morgan fingerprint density at radius 2 is 2.19 bits per heavy atom. The van der Waals surface area contributed by atoms with Crippen molar-refractivity contribution >= 4 is 0 Å². The van der Waals surface area contributed by atoms with Gasteiger partial charge in [0.15, 0.2) is 0 Å². The van der Waals surface area contributed by atoms with Gasteiger partial charge in [0.1, 0.15) is 11.9 Å². The summed E-state index contributed by atoms with van der Waals surface area (Å²) >= 11 is 0. The molecule has 4 nitrogen and oxygen atoms in total. The quantitative estimate of drug-likeness (QED) is 0.812. The lowest BCUT2D eigenvalue weighted by Gasteiger charge is -2.27. The molecule has 0 bridgehead atoms. The van der Waals surface area contributed by atoms with Gasteiger partial charge in [-0.25, -0.2) is 0 Å². The lowest BCUT2D eigenvalue weighted by molar-refractivity contribution is -0.131. The van der Waals surface area contributed by atoms with Gasteiger partial charge in [0, 0.05) is 5.56 Å². The van der Waals surface area contributed by atoms with Crippen LogP contribution in [0.3, 0.4) is 0 Å². The summed E-state index contributed by atoms with van der Waals surface area (Å²) in [6.45, 7) is 1.85. The highest BCUT2D eigenvalue weighted by molar-refractivity contribution is 5.35. The molecule has 2 N–H and O–H groups in total. The van der Waals surface area contributed by atoms with Crippen LogP contribution in [0.15, 0.2) is 24.3 Å².